The lowest BCUT2D eigenvalue weighted by atomic mass is 10.2. The maximum Gasteiger partial charge on any atom is 0.192 e. The smallest absolute Gasteiger partial charge is 0.192 e. The highest BCUT2D eigenvalue weighted by Gasteiger charge is 2.38. The standard InChI is InChI=1S/C19H29N7S/c1-13-9-15(12-26(13)16-6-7-16)22-19(20-10-17-5-4-8-27-17)21-11-18-24-23-14(2)25(18)3/h4-5,8,13,15-16H,6-7,9-12H2,1-3H3,(H2,20,21,22). The Morgan fingerprint density at radius 1 is 1.37 bits per heavy atom. The highest BCUT2D eigenvalue weighted by molar-refractivity contribution is 7.09. The van der Waals surface area contributed by atoms with Crippen molar-refractivity contribution in [1.82, 2.24) is 30.3 Å². The van der Waals surface area contributed by atoms with E-state index in [0.717, 1.165) is 36.7 Å². The zero-order valence-corrected chi connectivity index (χ0v) is 17.2. The van der Waals surface area contributed by atoms with Gasteiger partial charge in [0.05, 0.1) is 6.54 Å². The Kier molecular flexibility index (Phi) is 5.45. The molecule has 1 aliphatic carbocycles. The van der Waals surface area contributed by atoms with E-state index in [1.165, 1.54) is 24.1 Å². The lowest BCUT2D eigenvalue weighted by Crippen LogP contribution is -2.44. The number of hydrogen-bond donors (Lipinski definition) is 2. The van der Waals surface area contributed by atoms with Gasteiger partial charge in [-0.25, -0.2) is 4.99 Å². The minimum atomic E-state index is 0.441. The normalized spacial score (nSPS) is 23.7. The van der Waals surface area contributed by atoms with Crippen LogP contribution in [0, 0.1) is 6.92 Å². The Morgan fingerprint density at radius 2 is 2.22 bits per heavy atom. The number of nitrogens with one attached hydrogen (secondary N) is 2. The molecule has 146 valence electrons. The van der Waals surface area contributed by atoms with Crippen molar-refractivity contribution in [1.29, 1.82) is 0 Å². The van der Waals surface area contributed by atoms with Crippen molar-refractivity contribution < 1.29 is 0 Å². The van der Waals surface area contributed by atoms with Crippen LogP contribution in [-0.4, -0.2) is 50.3 Å². The van der Waals surface area contributed by atoms with E-state index >= 15 is 0 Å². The molecule has 2 aromatic heterocycles. The first kappa shape index (κ1) is 18.4. The van der Waals surface area contributed by atoms with E-state index in [9.17, 15) is 0 Å². The van der Waals surface area contributed by atoms with Crippen LogP contribution in [0.4, 0.5) is 0 Å². The van der Waals surface area contributed by atoms with Gasteiger partial charge >= 0.3 is 0 Å². The van der Waals surface area contributed by atoms with Gasteiger partial charge in [0.2, 0.25) is 0 Å². The van der Waals surface area contributed by atoms with Gasteiger partial charge in [0.25, 0.3) is 0 Å². The highest BCUT2D eigenvalue weighted by atomic mass is 32.1. The molecule has 2 aliphatic rings. The SMILES string of the molecule is Cc1nnc(CN=C(NCc2cccs2)NC2CC(C)N(C3CC3)C2)n1C. The third-order valence-electron chi connectivity index (χ3n) is 5.55. The number of thiophene rings is 1. The molecule has 0 amide bonds. The van der Waals surface area contributed by atoms with Gasteiger partial charge < -0.3 is 15.2 Å². The molecule has 2 N–H and O–H groups in total. The van der Waals surface area contributed by atoms with Crippen LogP contribution in [-0.2, 0) is 20.1 Å². The minimum absolute atomic E-state index is 0.441. The van der Waals surface area contributed by atoms with Crippen molar-refractivity contribution >= 4 is 17.3 Å². The number of hydrogen-bond acceptors (Lipinski definition) is 5. The number of rotatable bonds is 6. The number of nitrogens with zero attached hydrogens (tertiary/aromatic N) is 5. The van der Waals surface area contributed by atoms with Gasteiger partial charge in [-0.2, -0.15) is 0 Å². The summed E-state index contributed by atoms with van der Waals surface area (Å²) in [7, 11) is 1.98. The lowest BCUT2D eigenvalue weighted by molar-refractivity contribution is 0.256. The fourth-order valence-corrected chi connectivity index (χ4v) is 4.39. The van der Waals surface area contributed by atoms with Crippen LogP contribution in [0.5, 0.6) is 0 Å². The second-order valence-corrected chi connectivity index (χ2v) is 8.71. The van der Waals surface area contributed by atoms with Crippen LogP contribution < -0.4 is 10.6 Å². The summed E-state index contributed by atoms with van der Waals surface area (Å²) in [6, 6.07) is 6.13. The quantitative estimate of drug-likeness (QED) is 0.586. The molecule has 2 fully saturated rings. The van der Waals surface area contributed by atoms with E-state index in [2.05, 4.69) is 50.2 Å². The van der Waals surface area contributed by atoms with Crippen LogP contribution in [0.15, 0.2) is 22.5 Å². The average Bonchev–Trinajstić information content (AvgIpc) is 3.08. The summed E-state index contributed by atoms with van der Waals surface area (Å²) in [5.74, 6) is 2.65. The Hall–Kier alpha value is -1.93. The fraction of sp³-hybridized carbons (Fsp3) is 0.632. The fourth-order valence-electron chi connectivity index (χ4n) is 3.74. The van der Waals surface area contributed by atoms with Crippen molar-refractivity contribution in [3.63, 3.8) is 0 Å². The maximum atomic E-state index is 4.80. The van der Waals surface area contributed by atoms with Gasteiger partial charge in [-0.05, 0) is 44.6 Å². The minimum Gasteiger partial charge on any atom is -0.352 e. The number of guanidine groups is 1. The second kappa shape index (κ2) is 7.98. The van der Waals surface area contributed by atoms with Crippen molar-refractivity contribution in [2.75, 3.05) is 6.54 Å². The maximum absolute atomic E-state index is 4.80. The van der Waals surface area contributed by atoms with Crippen LogP contribution >= 0.6 is 11.3 Å². The molecular formula is C19H29N7S. The first-order chi connectivity index (χ1) is 13.1. The highest BCUT2D eigenvalue weighted by Crippen LogP contribution is 2.33. The lowest BCUT2D eigenvalue weighted by Gasteiger charge is -2.20. The van der Waals surface area contributed by atoms with E-state index in [4.69, 9.17) is 4.99 Å². The number of aliphatic imine (C=N–C) groups is 1. The molecule has 1 saturated carbocycles. The first-order valence-electron chi connectivity index (χ1n) is 9.78. The van der Waals surface area contributed by atoms with Crippen molar-refractivity contribution in [3.8, 4) is 0 Å². The van der Waals surface area contributed by atoms with Crippen molar-refractivity contribution in [3.05, 3.63) is 34.0 Å². The molecule has 27 heavy (non-hydrogen) atoms. The molecule has 3 heterocycles. The molecule has 1 aliphatic heterocycles. The summed E-state index contributed by atoms with van der Waals surface area (Å²) < 4.78 is 1.99. The van der Waals surface area contributed by atoms with E-state index in [0.29, 0.717) is 18.6 Å². The second-order valence-electron chi connectivity index (χ2n) is 7.67. The van der Waals surface area contributed by atoms with Crippen molar-refractivity contribution in [2.45, 2.75) is 64.3 Å². The summed E-state index contributed by atoms with van der Waals surface area (Å²) in [6.07, 6.45) is 3.89. The van der Waals surface area contributed by atoms with E-state index in [-0.39, 0.29) is 0 Å². The molecule has 2 atom stereocenters. The van der Waals surface area contributed by atoms with Gasteiger partial charge in [-0.1, -0.05) is 6.07 Å². The Morgan fingerprint density at radius 3 is 2.89 bits per heavy atom. The zero-order valence-electron chi connectivity index (χ0n) is 16.4. The third kappa shape index (κ3) is 4.50. The number of aryl methyl sites for hydroxylation is 1. The molecule has 0 spiro atoms. The molecule has 2 aromatic rings. The summed E-state index contributed by atoms with van der Waals surface area (Å²) in [5, 5.41) is 17.6. The molecule has 0 aromatic carbocycles. The number of likely N-dealkylation sites (tertiary alicyclic amines) is 1. The Labute approximate surface area is 164 Å². The monoisotopic (exact) mass is 387 g/mol. The Bertz CT molecular complexity index is 778. The zero-order chi connectivity index (χ0) is 18.8. The predicted molar refractivity (Wildman–Crippen MR) is 109 cm³/mol. The van der Waals surface area contributed by atoms with Gasteiger partial charge in [0, 0.05) is 36.6 Å². The van der Waals surface area contributed by atoms with Gasteiger partial charge in [-0.3, -0.25) is 4.90 Å². The third-order valence-corrected chi connectivity index (χ3v) is 6.43. The van der Waals surface area contributed by atoms with E-state index in [1.54, 1.807) is 11.3 Å². The Balaban J connectivity index is 1.42. The molecule has 7 nitrogen and oxygen atoms in total. The number of aromatic nitrogens is 3. The summed E-state index contributed by atoms with van der Waals surface area (Å²) in [6.45, 7) is 6.72. The molecule has 8 heteroatoms. The van der Waals surface area contributed by atoms with Gasteiger partial charge in [0.1, 0.15) is 12.4 Å². The van der Waals surface area contributed by atoms with E-state index < -0.39 is 0 Å². The average molecular weight is 388 g/mol. The van der Waals surface area contributed by atoms with Gasteiger partial charge in [-0.15, -0.1) is 21.5 Å². The topological polar surface area (TPSA) is 70.4 Å². The van der Waals surface area contributed by atoms with E-state index in [1.807, 2.05) is 18.5 Å². The molecule has 4 rings (SSSR count). The molecular weight excluding hydrogens is 358 g/mol. The molecule has 1 saturated heterocycles. The van der Waals surface area contributed by atoms with Crippen LogP contribution in [0.2, 0.25) is 0 Å². The predicted octanol–water partition coefficient (Wildman–Crippen LogP) is 2.05. The summed E-state index contributed by atoms with van der Waals surface area (Å²) >= 11 is 1.76. The summed E-state index contributed by atoms with van der Waals surface area (Å²) in [5.41, 5.74) is 0. The van der Waals surface area contributed by atoms with Gasteiger partial charge in [0.15, 0.2) is 11.8 Å². The molecule has 2 unspecified atom stereocenters. The summed E-state index contributed by atoms with van der Waals surface area (Å²) in [4.78, 5) is 8.76. The first-order valence-corrected chi connectivity index (χ1v) is 10.7. The molecule has 0 radical (unpaired) electrons. The van der Waals surface area contributed by atoms with Crippen LogP contribution in [0.3, 0.4) is 0 Å². The largest absolute Gasteiger partial charge is 0.352 e. The van der Waals surface area contributed by atoms with Crippen LogP contribution in [0.1, 0.15) is 42.7 Å². The van der Waals surface area contributed by atoms with Crippen molar-refractivity contribution in [2.24, 2.45) is 12.0 Å². The van der Waals surface area contributed by atoms with Crippen LogP contribution in [0.25, 0.3) is 0 Å². The molecule has 0 bridgehead atoms.